The first kappa shape index (κ1) is 12.1. The minimum atomic E-state index is -2.48. The molecule has 2 nitrogen and oxygen atoms in total. The Morgan fingerprint density at radius 3 is 2.60 bits per heavy atom. The van der Waals surface area contributed by atoms with Gasteiger partial charge in [-0.2, -0.15) is 0 Å². The number of hydrogen-bond acceptors (Lipinski definition) is 1. The van der Waals surface area contributed by atoms with Crippen LogP contribution in [0.3, 0.4) is 0 Å². The van der Waals surface area contributed by atoms with Gasteiger partial charge in [0, 0.05) is 29.5 Å². The van der Waals surface area contributed by atoms with Crippen molar-refractivity contribution in [3.8, 4) is 0 Å². The number of benzene rings is 1. The van der Waals surface area contributed by atoms with Crippen LogP contribution in [0.2, 0.25) is 0 Å². The van der Waals surface area contributed by atoms with E-state index in [2.05, 4.69) is 0 Å². The zero-order chi connectivity index (χ0) is 14.1. The van der Waals surface area contributed by atoms with Crippen molar-refractivity contribution in [1.29, 1.82) is 0 Å². The molecule has 1 aromatic carbocycles. The van der Waals surface area contributed by atoms with Crippen molar-refractivity contribution in [1.82, 2.24) is 4.57 Å². The predicted octanol–water partition coefficient (Wildman–Crippen LogP) is 3.53. The first-order valence-corrected chi connectivity index (χ1v) is 6.98. The van der Waals surface area contributed by atoms with E-state index in [-0.39, 0.29) is 11.6 Å². The van der Waals surface area contributed by atoms with Crippen molar-refractivity contribution >= 4 is 10.8 Å². The van der Waals surface area contributed by atoms with Crippen LogP contribution in [0.5, 0.6) is 0 Å². The predicted molar refractivity (Wildman–Crippen MR) is 73.1 cm³/mol. The maximum absolute atomic E-state index is 13.2. The van der Waals surface area contributed by atoms with Gasteiger partial charge in [0.2, 0.25) is 0 Å². The molecule has 0 bridgehead atoms. The van der Waals surface area contributed by atoms with E-state index in [0.29, 0.717) is 18.2 Å². The Bertz CT molecular complexity index is 751. The molecule has 2 unspecified atom stereocenters. The van der Waals surface area contributed by atoms with Crippen LogP contribution in [0.15, 0.2) is 35.3 Å². The molecule has 2 fully saturated rings. The van der Waals surface area contributed by atoms with E-state index in [4.69, 9.17) is 0 Å². The lowest BCUT2D eigenvalue weighted by atomic mass is 10.1. The molecule has 0 saturated heterocycles. The average molecular weight is 275 g/mol. The summed E-state index contributed by atoms with van der Waals surface area (Å²) in [5.74, 6) is -3.49. The number of aryl methyl sites for hydroxylation is 1. The maximum Gasteiger partial charge on any atom is 0.258 e. The average Bonchev–Trinajstić information content (AvgIpc) is 2.80. The summed E-state index contributed by atoms with van der Waals surface area (Å²) in [7, 11) is 0. The third-order valence-electron chi connectivity index (χ3n) is 4.90. The van der Waals surface area contributed by atoms with Crippen molar-refractivity contribution in [2.45, 2.75) is 31.7 Å². The fourth-order valence-electron chi connectivity index (χ4n) is 3.67. The van der Waals surface area contributed by atoms with Gasteiger partial charge in [0.05, 0.1) is 0 Å². The lowest BCUT2D eigenvalue weighted by Gasteiger charge is -2.18. The van der Waals surface area contributed by atoms with Crippen molar-refractivity contribution in [2.24, 2.45) is 11.8 Å². The number of hydrogen-bond donors (Lipinski definition) is 0. The summed E-state index contributed by atoms with van der Waals surface area (Å²) in [5, 5.41) is 1.59. The second kappa shape index (κ2) is 3.68. The number of fused-ring (bicyclic) bond motifs is 2. The Labute approximate surface area is 115 Å². The standard InChI is InChI=1S/C16H15F2NO/c1-9-2-3-10-4-5-19(15(20)12(10)6-9)11-7-13-14(8-11)16(13,17)18/h2-6,11,13-14H,7-8H2,1H3. The second-order valence-corrected chi connectivity index (χ2v) is 6.13. The molecule has 0 radical (unpaired) electrons. The highest BCUT2D eigenvalue weighted by atomic mass is 19.3. The first-order valence-electron chi connectivity index (χ1n) is 6.98. The fourth-order valence-corrected chi connectivity index (χ4v) is 3.67. The van der Waals surface area contributed by atoms with Gasteiger partial charge in [-0.25, -0.2) is 8.78 Å². The van der Waals surface area contributed by atoms with Crippen LogP contribution in [0.25, 0.3) is 10.8 Å². The zero-order valence-electron chi connectivity index (χ0n) is 11.1. The number of aromatic nitrogens is 1. The van der Waals surface area contributed by atoms with Gasteiger partial charge < -0.3 is 4.57 Å². The van der Waals surface area contributed by atoms with E-state index >= 15 is 0 Å². The van der Waals surface area contributed by atoms with E-state index < -0.39 is 17.8 Å². The molecule has 2 aliphatic rings. The highest BCUT2D eigenvalue weighted by molar-refractivity contribution is 5.82. The second-order valence-electron chi connectivity index (χ2n) is 6.13. The molecule has 2 atom stereocenters. The summed E-state index contributed by atoms with van der Waals surface area (Å²) < 4.78 is 28.2. The fraction of sp³-hybridized carbons (Fsp3) is 0.438. The van der Waals surface area contributed by atoms with Gasteiger partial charge in [0.15, 0.2) is 0 Å². The summed E-state index contributed by atoms with van der Waals surface area (Å²) >= 11 is 0. The zero-order valence-corrected chi connectivity index (χ0v) is 11.1. The monoisotopic (exact) mass is 275 g/mol. The number of nitrogens with zero attached hydrogens (tertiary/aromatic N) is 1. The highest BCUT2D eigenvalue weighted by Crippen LogP contribution is 2.66. The minimum Gasteiger partial charge on any atom is -0.312 e. The van der Waals surface area contributed by atoms with Crippen molar-refractivity contribution < 1.29 is 8.78 Å². The van der Waals surface area contributed by atoms with Crippen molar-refractivity contribution in [2.75, 3.05) is 0 Å². The van der Waals surface area contributed by atoms with Crippen LogP contribution >= 0.6 is 0 Å². The summed E-state index contributed by atoms with van der Waals surface area (Å²) in [6.07, 6.45) is 2.61. The largest absolute Gasteiger partial charge is 0.312 e. The smallest absolute Gasteiger partial charge is 0.258 e. The van der Waals surface area contributed by atoms with Crippen LogP contribution in [0.4, 0.5) is 8.78 Å². The molecular weight excluding hydrogens is 260 g/mol. The SMILES string of the molecule is Cc1ccc2ccn(C3CC4C(C3)C4(F)F)c(=O)c2c1. The summed E-state index contributed by atoms with van der Waals surface area (Å²) in [6, 6.07) is 7.60. The van der Waals surface area contributed by atoms with Crippen molar-refractivity contribution in [3.63, 3.8) is 0 Å². The van der Waals surface area contributed by atoms with Gasteiger partial charge in [-0.15, -0.1) is 0 Å². The molecule has 2 saturated carbocycles. The number of pyridine rings is 1. The topological polar surface area (TPSA) is 22.0 Å². The van der Waals surface area contributed by atoms with Crippen molar-refractivity contribution in [3.05, 3.63) is 46.4 Å². The molecule has 4 heteroatoms. The van der Waals surface area contributed by atoms with Crippen LogP contribution in [-0.2, 0) is 0 Å². The molecule has 2 aromatic rings. The minimum absolute atomic E-state index is 0.0548. The van der Waals surface area contributed by atoms with E-state index in [9.17, 15) is 13.6 Å². The van der Waals surface area contributed by atoms with E-state index in [1.807, 2.05) is 31.2 Å². The first-order chi connectivity index (χ1) is 9.48. The summed E-state index contributed by atoms with van der Waals surface area (Å²) in [5.41, 5.74) is 0.981. The number of alkyl halides is 2. The molecule has 0 aliphatic heterocycles. The highest BCUT2D eigenvalue weighted by Gasteiger charge is 2.71. The molecule has 0 amide bonds. The van der Waals surface area contributed by atoms with E-state index in [1.165, 1.54) is 0 Å². The maximum atomic E-state index is 13.2. The molecule has 4 rings (SSSR count). The Morgan fingerprint density at radius 2 is 1.90 bits per heavy atom. The van der Waals surface area contributed by atoms with Crippen LogP contribution < -0.4 is 5.56 Å². The van der Waals surface area contributed by atoms with Gasteiger partial charge in [-0.1, -0.05) is 17.7 Å². The normalized spacial score (nSPS) is 30.4. The van der Waals surface area contributed by atoms with Gasteiger partial charge in [-0.05, 0) is 37.3 Å². The number of rotatable bonds is 1. The molecule has 1 aromatic heterocycles. The van der Waals surface area contributed by atoms with Crippen LogP contribution in [0, 0.1) is 18.8 Å². The summed E-state index contributed by atoms with van der Waals surface area (Å²) in [6.45, 7) is 1.95. The third-order valence-corrected chi connectivity index (χ3v) is 4.90. The molecule has 0 spiro atoms. The Kier molecular flexibility index (Phi) is 2.22. The van der Waals surface area contributed by atoms with Crippen LogP contribution in [0.1, 0.15) is 24.4 Å². The third kappa shape index (κ3) is 1.51. The Hall–Kier alpha value is -1.71. The Balaban J connectivity index is 1.75. The molecule has 20 heavy (non-hydrogen) atoms. The number of halogens is 2. The molecule has 104 valence electrons. The Morgan fingerprint density at radius 1 is 1.20 bits per heavy atom. The summed E-state index contributed by atoms with van der Waals surface area (Å²) in [4.78, 5) is 12.5. The molecule has 0 N–H and O–H groups in total. The molecular formula is C16H15F2NO. The van der Waals surface area contributed by atoms with Crippen LogP contribution in [-0.4, -0.2) is 10.5 Å². The van der Waals surface area contributed by atoms with E-state index in [0.717, 1.165) is 10.9 Å². The van der Waals surface area contributed by atoms with E-state index in [1.54, 1.807) is 10.8 Å². The molecule has 1 heterocycles. The lowest BCUT2D eigenvalue weighted by molar-refractivity contribution is 0.0645. The van der Waals surface area contributed by atoms with Gasteiger partial charge >= 0.3 is 0 Å². The van der Waals surface area contributed by atoms with Gasteiger partial charge in [-0.3, -0.25) is 4.79 Å². The lowest BCUT2D eigenvalue weighted by Crippen LogP contribution is -2.25. The van der Waals surface area contributed by atoms with Gasteiger partial charge in [0.25, 0.3) is 11.5 Å². The quantitative estimate of drug-likeness (QED) is 0.780. The van der Waals surface area contributed by atoms with Gasteiger partial charge in [0.1, 0.15) is 0 Å². The molecule has 2 aliphatic carbocycles.